The molecule has 0 amide bonds. The molecular formula is C23H33FN7O7P. The lowest BCUT2D eigenvalue weighted by Gasteiger charge is -2.25. The van der Waals surface area contributed by atoms with E-state index in [1.54, 1.807) is 51.2 Å². The zero-order valence-electron chi connectivity index (χ0n) is 21.9. The Morgan fingerprint density at radius 2 is 2.03 bits per heavy atom. The number of para-hydroxylation sites is 1. The van der Waals surface area contributed by atoms with Gasteiger partial charge in [-0.15, -0.1) is 0 Å². The summed E-state index contributed by atoms with van der Waals surface area (Å²) in [4.78, 5) is 12.4. The summed E-state index contributed by atoms with van der Waals surface area (Å²) < 4.78 is 53.0. The van der Waals surface area contributed by atoms with Crippen molar-refractivity contribution in [2.24, 2.45) is 0 Å². The molecule has 1 aliphatic heterocycles. The van der Waals surface area contributed by atoms with Crippen molar-refractivity contribution in [1.82, 2.24) is 24.6 Å². The molecule has 4 rings (SSSR count). The van der Waals surface area contributed by atoms with Crippen LogP contribution in [0.15, 0.2) is 36.7 Å². The molecule has 6 atom stereocenters. The summed E-state index contributed by atoms with van der Waals surface area (Å²) >= 11 is 0. The number of benzene rings is 1. The Morgan fingerprint density at radius 3 is 2.69 bits per heavy atom. The molecule has 39 heavy (non-hydrogen) atoms. The Kier molecular flexibility index (Phi) is 8.71. The predicted octanol–water partition coefficient (Wildman–Crippen LogP) is 1.97. The number of anilines is 2. The largest absolute Gasteiger partial charge is 0.458 e. The number of nitrogens with one attached hydrogen (secondary N) is 2. The first-order valence-electron chi connectivity index (χ1n) is 12.2. The Bertz CT molecular complexity index is 1310. The van der Waals surface area contributed by atoms with Crippen LogP contribution in [-0.2, 0) is 18.6 Å². The first-order chi connectivity index (χ1) is 18.4. The SMILES string of the molecule is CNc1nc(N)nc2c1ncn2[C@@H]1O[C@H](CO[P@@](=O)(NCC(O)OC(C)C)Oc2ccccc2)[C@@H](O)[C@@]1(C)F. The van der Waals surface area contributed by atoms with Crippen LogP contribution in [-0.4, -0.2) is 80.2 Å². The average molecular weight is 570 g/mol. The van der Waals surface area contributed by atoms with Crippen LogP contribution < -0.4 is 20.7 Å². The van der Waals surface area contributed by atoms with Crippen LogP contribution in [0.3, 0.4) is 0 Å². The minimum atomic E-state index is -4.16. The second-order valence-corrected chi connectivity index (χ2v) is 11.1. The van der Waals surface area contributed by atoms with E-state index in [1.165, 1.54) is 10.9 Å². The zero-order chi connectivity index (χ0) is 28.4. The summed E-state index contributed by atoms with van der Waals surface area (Å²) in [6.07, 6.45) is -4.63. The third kappa shape index (κ3) is 6.47. The zero-order valence-corrected chi connectivity index (χ0v) is 22.8. The van der Waals surface area contributed by atoms with Crippen molar-refractivity contribution < 1.29 is 37.7 Å². The van der Waals surface area contributed by atoms with Gasteiger partial charge in [-0.1, -0.05) is 18.2 Å². The number of hydrogen-bond acceptors (Lipinski definition) is 12. The van der Waals surface area contributed by atoms with E-state index in [9.17, 15) is 14.8 Å². The van der Waals surface area contributed by atoms with Crippen molar-refractivity contribution in [2.75, 3.05) is 31.2 Å². The number of hydrogen-bond donors (Lipinski definition) is 5. The van der Waals surface area contributed by atoms with Gasteiger partial charge >= 0.3 is 7.75 Å². The van der Waals surface area contributed by atoms with Crippen LogP contribution >= 0.6 is 7.75 Å². The van der Waals surface area contributed by atoms with Crippen LogP contribution in [0, 0.1) is 0 Å². The Labute approximate surface area is 224 Å². The molecule has 3 aromatic rings. The van der Waals surface area contributed by atoms with Crippen LogP contribution in [0.1, 0.15) is 27.0 Å². The molecule has 16 heteroatoms. The summed E-state index contributed by atoms with van der Waals surface area (Å²) in [6, 6.07) is 8.21. The van der Waals surface area contributed by atoms with Gasteiger partial charge in [0.05, 0.1) is 25.6 Å². The topological polar surface area (TPSA) is 188 Å². The summed E-state index contributed by atoms with van der Waals surface area (Å²) in [5, 5.41) is 26.3. The smallest absolute Gasteiger partial charge is 0.413 e. The second kappa shape index (κ2) is 11.7. The number of nitrogen functional groups attached to an aromatic ring is 1. The number of aliphatic hydroxyl groups is 2. The highest BCUT2D eigenvalue weighted by Gasteiger charge is 2.56. The van der Waals surface area contributed by atoms with E-state index in [-0.39, 0.29) is 30.0 Å². The third-order valence-corrected chi connectivity index (χ3v) is 7.42. The van der Waals surface area contributed by atoms with E-state index in [1.807, 2.05) is 0 Å². The Balaban J connectivity index is 1.53. The van der Waals surface area contributed by atoms with Gasteiger partial charge in [0.1, 0.15) is 18.0 Å². The molecule has 1 aromatic carbocycles. The first kappa shape index (κ1) is 29.1. The summed E-state index contributed by atoms with van der Waals surface area (Å²) in [6.45, 7) is 3.80. The highest BCUT2D eigenvalue weighted by molar-refractivity contribution is 7.52. The summed E-state index contributed by atoms with van der Waals surface area (Å²) in [7, 11) is -2.54. The molecule has 1 saturated heterocycles. The fourth-order valence-corrected chi connectivity index (χ4v) is 5.41. The number of halogens is 1. The maximum Gasteiger partial charge on any atom is 0.458 e. The maximum absolute atomic E-state index is 15.9. The van der Waals surface area contributed by atoms with Crippen LogP contribution in [0.5, 0.6) is 5.75 Å². The molecule has 1 unspecified atom stereocenters. The number of fused-ring (bicyclic) bond motifs is 1. The standard InChI is InChI=1S/C23H33FN7O7P/c1-13(2)36-16(32)10-28-39(34,38-14-8-6-5-7-9-14)35-11-15-18(33)23(3,24)21(37-15)31-12-27-17-19(26-4)29-22(25)30-20(17)31/h5-9,12-13,15-16,18,21,32-33H,10-11H2,1-4H3,(H,28,34)(H3,25,26,29,30)/t15-,16?,18-,21-,23-,39+/m1/s1. The third-order valence-electron chi connectivity index (χ3n) is 5.91. The van der Waals surface area contributed by atoms with Gasteiger partial charge in [0.2, 0.25) is 5.95 Å². The summed E-state index contributed by atoms with van der Waals surface area (Å²) in [5.74, 6) is 0.487. The minimum Gasteiger partial charge on any atom is -0.413 e. The van der Waals surface area contributed by atoms with Crippen LogP contribution in [0.4, 0.5) is 16.2 Å². The number of aliphatic hydroxyl groups excluding tert-OH is 2. The molecular weight excluding hydrogens is 536 g/mol. The van der Waals surface area contributed by atoms with Crippen molar-refractivity contribution in [3.05, 3.63) is 36.7 Å². The number of nitrogens with two attached hydrogens (primary N) is 1. The number of imidazole rings is 1. The number of ether oxygens (including phenoxy) is 2. The maximum atomic E-state index is 15.9. The quantitative estimate of drug-likeness (QED) is 0.157. The monoisotopic (exact) mass is 569 g/mol. The highest BCUT2D eigenvalue weighted by atomic mass is 31.2. The van der Waals surface area contributed by atoms with Crippen molar-refractivity contribution in [2.45, 2.75) is 57.3 Å². The molecule has 1 aliphatic rings. The van der Waals surface area contributed by atoms with E-state index in [4.69, 9.17) is 24.3 Å². The van der Waals surface area contributed by atoms with Crippen LogP contribution in [0.2, 0.25) is 0 Å². The average Bonchev–Trinajstić information content (AvgIpc) is 3.39. The number of nitrogens with zero attached hydrogens (tertiary/aromatic N) is 4. The number of rotatable bonds is 12. The molecule has 3 heterocycles. The van der Waals surface area contributed by atoms with Gasteiger partial charge in [0, 0.05) is 7.05 Å². The van der Waals surface area contributed by atoms with Crippen molar-refractivity contribution in [3.63, 3.8) is 0 Å². The number of aromatic nitrogens is 4. The first-order valence-corrected chi connectivity index (χ1v) is 13.8. The highest BCUT2D eigenvalue weighted by Crippen LogP contribution is 2.47. The molecule has 6 N–H and O–H groups in total. The fourth-order valence-electron chi connectivity index (χ4n) is 4.08. The molecule has 0 aliphatic carbocycles. The van der Waals surface area contributed by atoms with E-state index < -0.39 is 44.7 Å². The summed E-state index contributed by atoms with van der Waals surface area (Å²) in [5.41, 5.74) is 3.98. The van der Waals surface area contributed by atoms with Crippen molar-refractivity contribution >= 4 is 30.7 Å². The van der Waals surface area contributed by atoms with Crippen LogP contribution in [0.25, 0.3) is 11.2 Å². The minimum absolute atomic E-state index is 0.0682. The molecule has 1 fully saturated rings. The van der Waals surface area contributed by atoms with Gasteiger partial charge in [0.15, 0.2) is 35.2 Å². The molecule has 0 saturated carbocycles. The lowest BCUT2D eigenvalue weighted by Crippen LogP contribution is -2.41. The van der Waals surface area contributed by atoms with Gasteiger partial charge in [-0.25, -0.2) is 19.0 Å². The number of alkyl halides is 1. The Hall–Kier alpha value is -2.91. The molecule has 0 spiro atoms. The normalized spacial score (nSPS) is 25.6. The predicted molar refractivity (Wildman–Crippen MR) is 140 cm³/mol. The van der Waals surface area contributed by atoms with Crippen molar-refractivity contribution in [1.29, 1.82) is 0 Å². The van der Waals surface area contributed by atoms with Gasteiger partial charge < -0.3 is 35.3 Å². The van der Waals surface area contributed by atoms with Gasteiger partial charge in [-0.05, 0) is 32.9 Å². The molecule has 14 nitrogen and oxygen atoms in total. The Morgan fingerprint density at radius 1 is 1.31 bits per heavy atom. The molecule has 214 valence electrons. The molecule has 0 radical (unpaired) electrons. The van der Waals surface area contributed by atoms with E-state index >= 15 is 4.39 Å². The van der Waals surface area contributed by atoms with Gasteiger partial charge in [-0.3, -0.25) is 9.09 Å². The molecule has 2 aromatic heterocycles. The lowest BCUT2D eigenvalue weighted by molar-refractivity contribution is -0.120. The van der Waals surface area contributed by atoms with Gasteiger partial charge in [0.25, 0.3) is 0 Å². The van der Waals surface area contributed by atoms with E-state index in [0.717, 1.165) is 6.92 Å². The van der Waals surface area contributed by atoms with Crippen molar-refractivity contribution in [3.8, 4) is 5.75 Å². The second-order valence-electron chi connectivity index (χ2n) is 9.33. The molecule has 0 bridgehead atoms. The van der Waals surface area contributed by atoms with E-state index in [2.05, 4.69) is 25.4 Å². The van der Waals surface area contributed by atoms with Gasteiger partial charge in [-0.2, -0.15) is 9.97 Å². The van der Waals surface area contributed by atoms with E-state index in [0.29, 0.717) is 11.3 Å². The fraction of sp³-hybridized carbons (Fsp3) is 0.522. The lowest BCUT2D eigenvalue weighted by atomic mass is 9.98.